The van der Waals surface area contributed by atoms with Crippen LogP contribution in [0.4, 0.5) is 0 Å². The SMILES string of the molecule is [CH3][Sn]([CH3])([N]=C=S)[N]=C=S. The molecule has 0 heterocycles. The maximum atomic E-state index is 4.43. The van der Waals surface area contributed by atoms with E-state index in [-0.39, 0.29) is 0 Å². The Morgan fingerprint density at radius 1 is 1.11 bits per heavy atom. The summed E-state index contributed by atoms with van der Waals surface area (Å²) in [5.74, 6) is 0. The van der Waals surface area contributed by atoms with Crippen molar-refractivity contribution < 1.29 is 0 Å². The summed E-state index contributed by atoms with van der Waals surface area (Å²) in [6.45, 7) is 0. The Morgan fingerprint density at radius 3 is 1.67 bits per heavy atom. The van der Waals surface area contributed by atoms with Gasteiger partial charge in [-0.3, -0.25) is 0 Å². The second-order valence-corrected chi connectivity index (χ2v) is 12.1. The number of rotatable bonds is 2. The molecule has 0 aliphatic rings. The molecular weight excluding hydrogens is 259 g/mol. The van der Waals surface area contributed by atoms with Crippen molar-refractivity contribution in [2.75, 3.05) is 0 Å². The van der Waals surface area contributed by atoms with Gasteiger partial charge in [0, 0.05) is 0 Å². The monoisotopic (exact) mass is 266 g/mol. The van der Waals surface area contributed by atoms with Gasteiger partial charge in [0.25, 0.3) is 0 Å². The first-order valence-electron chi connectivity index (χ1n) is 2.30. The zero-order chi connectivity index (χ0) is 7.33. The Balaban J connectivity index is 4.36. The average molecular weight is 265 g/mol. The summed E-state index contributed by atoms with van der Waals surface area (Å²) in [7, 11) is 0. The molecule has 5 heteroatoms. The molecule has 2 nitrogen and oxygen atoms in total. The molecule has 0 radical (unpaired) electrons. The third-order valence-electron chi connectivity index (χ3n) is 0.639. The Bertz CT molecular complexity index is 169. The summed E-state index contributed by atoms with van der Waals surface area (Å²) in [6.07, 6.45) is 0. The summed E-state index contributed by atoms with van der Waals surface area (Å²) < 4.78 is 7.85. The molecule has 0 saturated heterocycles. The van der Waals surface area contributed by atoms with Crippen LogP contribution in [0.25, 0.3) is 0 Å². The van der Waals surface area contributed by atoms with Crippen LogP contribution in [0.15, 0.2) is 6.43 Å². The van der Waals surface area contributed by atoms with Crippen molar-refractivity contribution in [3.05, 3.63) is 0 Å². The van der Waals surface area contributed by atoms with Crippen molar-refractivity contribution in [1.29, 1.82) is 0 Å². The average Bonchev–Trinajstić information content (AvgIpc) is 1.64. The first kappa shape index (κ1) is 9.40. The fourth-order valence-electron chi connectivity index (χ4n) is 0.248. The molecule has 0 bridgehead atoms. The minimum absolute atomic E-state index is 1.98. The zero-order valence-electron chi connectivity index (χ0n) is 5.21. The standard InChI is InChI=1S/2CNS.2CH3.Sn/c2*2-1-3;;;/h;;2*1H3;/q2*-1;;;+2. The third kappa shape index (κ3) is 4.87. The van der Waals surface area contributed by atoms with E-state index in [1.807, 2.05) is 9.88 Å². The van der Waals surface area contributed by atoms with Crippen molar-refractivity contribution in [2.45, 2.75) is 9.88 Å². The molecule has 0 aromatic rings. The van der Waals surface area contributed by atoms with Crippen LogP contribution in [-0.4, -0.2) is 29.2 Å². The molecule has 0 rings (SSSR count). The van der Waals surface area contributed by atoms with Crippen LogP contribution in [0.1, 0.15) is 0 Å². The number of isothiocyanates is 2. The fraction of sp³-hybridized carbons (Fsp3) is 0.500. The zero-order valence-corrected chi connectivity index (χ0v) is 9.70. The molecule has 0 aliphatic heterocycles. The summed E-state index contributed by atoms with van der Waals surface area (Å²) in [5.41, 5.74) is 0. The first-order chi connectivity index (χ1) is 4.12. The Kier molecular flexibility index (Phi) is 4.44. The second kappa shape index (κ2) is 4.25. The van der Waals surface area contributed by atoms with E-state index in [4.69, 9.17) is 0 Å². The van der Waals surface area contributed by atoms with Crippen molar-refractivity contribution in [2.24, 2.45) is 6.43 Å². The molecule has 0 fully saturated rings. The summed E-state index contributed by atoms with van der Waals surface area (Å²) >= 11 is 6.31. The molecule has 0 atom stereocenters. The Morgan fingerprint density at radius 2 is 1.44 bits per heavy atom. The quantitative estimate of drug-likeness (QED) is 0.432. The topological polar surface area (TPSA) is 24.7 Å². The molecule has 0 spiro atoms. The molecule has 0 unspecified atom stereocenters. The Hall–Kier alpha value is 0.399. The van der Waals surface area contributed by atoms with Gasteiger partial charge in [-0.1, -0.05) is 0 Å². The van der Waals surface area contributed by atoms with Crippen LogP contribution in [0.5, 0.6) is 0 Å². The van der Waals surface area contributed by atoms with Gasteiger partial charge in [0.15, 0.2) is 0 Å². The van der Waals surface area contributed by atoms with Gasteiger partial charge in [-0.25, -0.2) is 0 Å². The van der Waals surface area contributed by atoms with E-state index in [9.17, 15) is 0 Å². The fourth-order valence-corrected chi connectivity index (χ4v) is 4.66. The summed E-state index contributed by atoms with van der Waals surface area (Å²) in [6, 6.07) is 0. The molecule has 48 valence electrons. The van der Waals surface area contributed by atoms with Gasteiger partial charge in [-0.15, -0.1) is 0 Å². The van der Waals surface area contributed by atoms with Crippen molar-refractivity contribution in [1.82, 2.24) is 0 Å². The van der Waals surface area contributed by atoms with Gasteiger partial charge in [0.1, 0.15) is 0 Å². The summed E-state index contributed by atoms with van der Waals surface area (Å²) in [5, 5.41) is 4.63. The number of hydrogen-bond acceptors (Lipinski definition) is 4. The number of thiocarbonyl (C=S) groups is 2. The van der Waals surface area contributed by atoms with Crippen LogP contribution in [0, 0.1) is 0 Å². The third-order valence-corrected chi connectivity index (χ3v) is 5.51. The van der Waals surface area contributed by atoms with Gasteiger partial charge >= 0.3 is 70.0 Å². The number of hydrogen-bond donors (Lipinski definition) is 0. The van der Waals surface area contributed by atoms with Gasteiger partial charge < -0.3 is 0 Å². The molecular formula is C4H6N2S2Sn. The van der Waals surface area contributed by atoms with Crippen LogP contribution < -0.4 is 0 Å². The van der Waals surface area contributed by atoms with E-state index in [2.05, 4.69) is 41.2 Å². The van der Waals surface area contributed by atoms with Gasteiger partial charge in [0.05, 0.1) is 0 Å². The first-order valence-corrected chi connectivity index (χ1v) is 11.4. The second-order valence-electron chi connectivity index (χ2n) is 1.90. The molecule has 0 amide bonds. The maximum absolute atomic E-state index is 4.43. The molecule has 0 aliphatic carbocycles. The van der Waals surface area contributed by atoms with E-state index >= 15 is 0 Å². The van der Waals surface area contributed by atoms with Gasteiger partial charge in [-0.05, 0) is 0 Å². The summed E-state index contributed by atoms with van der Waals surface area (Å²) in [4.78, 5) is 3.96. The van der Waals surface area contributed by atoms with E-state index in [1.54, 1.807) is 0 Å². The molecule has 0 N–H and O–H groups in total. The molecule has 0 saturated carbocycles. The van der Waals surface area contributed by atoms with Crippen molar-refractivity contribution in [3.8, 4) is 0 Å². The van der Waals surface area contributed by atoms with Crippen LogP contribution in [-0.2, 0) is 0 Å². The molecule has 0 aromatic carbocycles. The number of nitrogens with zero attached hydrogens (tertiary/aromatic N) is 2. The van der Waals surface area contributed by atoms with E-state index in [0.717, 1.165) is 0 Å². The minimum atomic E-state index is -2.55. The van der Waals surface area contributed by atoms with Crippen LogP contribution in [0.3, 0.4) is 0 Å². The van der Waals surface area contributed by atoms with Crippen molar-refractivity contribution >= 4 is 53.7 Å². The molecule has 0 aromatic heterocycles. The molecule has 9 heavy (non-hydrogen) atoms. The van der Waals surface area contributed by atoms with Crippen LogP contribution in [0.2, 0.25) is 9.88 Å². The van der Waals surface area contributed by atoms with Gasteiger partial charge in [-0.2, -0.15) is 0 Å². The van der Waals surface area contributed by atoms with E-state index in [1.165, 1.54) is 0 Å². The van der Waals surface area contributed by atoms with E-state index in [0.29, 0.717) is 0 Å². The van der Waals surface area contributed by atoms with E-state index < -0.39 is 18.9 Å². The van der Waals surface area contributed by atoms with Crippen molar-refractivity contribution in [3.63, 3.8) is 0 Å². The Labute approximate surface area is 69.7 Å². The van der Waals surface area contributed by atoms with Gasteiger partial charge in [0.2, 0.25) is 0 Å². The predicted octanol–water partition coefficient (Wildman–Crippen LogP) is 1.89. The normalized spacial score (nSPS) is 9.11. The van der Waals surface area contributed by atoms with Crippen LogP contribution >= 0.6 is 24.4 Å². The predicted molar refractivity (Wildman–Crippen MR) is 47.5 cm³/mol.